The number of pyridine rings is 1. The lowest BCUT2D eigenvalue weighted by Gasteiger charge is -2.39. The van der Waals surface area contributed by atoms with Gasteiger partial charge >= 0.3 is 0 Å². The summed E-state index contributed by atoms with van der Waals surface area (Å²) in [4.78, 5) is 4.22. The second-order valence-electron chi connectivity index (χ2n) is 7.62. The standard InChI is InChI=1S/C29H19NO2/c31-28(18-15-22-9-3-1-4-10-22)24-13-7-8-14-25(24)29(32,27-21-30-20-17-26(27)28)19-16-23-11-5-2-6-12-23/h1-14,17,20-21,31-32H. The lowest BCUT2D eigenvalue weighted by atomic mass is 9.68. The minimum Gasteiger partial charge on any atom is -0.369 e. The topological polar surface area (TPSA) is 53.4 Å². The van der Waals surface area contributed by atoms with Gasteiger partial charge < -0.3 is 10.2 Å². The number of hydrogen-bond donors (Lipinski definition) is 2. The maximum atomic E-state index is 11.9. The second kappa shape index (κ2) is 7.84. The van der Waals surface area contributed by atoms with Crippen molar-refractivity contribution in [3.05, 3.63) is 137 Å². The molecule has 0 amide bonds. The summed E-state index contributed by atoms with van der Waals surface area (Å²) in [7, 11) is 0. The number of nitrogens with zero attached hydrogens (tertiary/aromatic N) is 1. The van der Waals surface area contributed by atoms with Crippen LogP contribution in [0.15, 0.2) is 103 Å². The number of rotatable bonds is 0. The molecule has 0 fully saturated rings. The van der Waals surface area contributed by atoms with Gasteiger partial charge in [-0.15, -0.1) is 0 Å². The van der Waals surface area contributed by atoms with Gasteiger partial charge in [0.2, 0.25) is 0 Å². The van der Waals surface area contributed by atoms with Gasteiger partial charge in [0.15, 0.2) is 11.2 Å². The van der Waals surface area contributed by atoms with Crippen molar-refractivity contribution in [1.82, 2.24) is 4.98 Å². The monoisotopic (exact) mass is 413 g/mol. The fraction of sp³-hybridized carbons (Fsp3) is 0.0690. The van der Waals surface area contributed by atoms with Gasteiger partial charge in [-0.1, -0.05) is 84.3 Å². The zero-order chi connectivity index (χ0) is 22.0. The predicted octanol–water partition coefficient (Wildman–Crippen LogP) is 3.97. The molecule has 0 radical (unpaired) electrons. The largest absolute Gasteiger partial charge is 0.369 e. The van der Waals surface area contributed by atoms with Crippen LogP contribution in [-0.4, -0.2) is 15.2 Å². The van der Waals surface area contributed by atoms with Crippen LogP contribution in [0.25, 0.3) is 0 Å². The number of benzene rings is 3. The Hall–Kier alpha value is -4.15. The van der Waals surface area contributed by atoms with Crippen LogP contribution in [0.3, 0.4) is 0 Å². The van der Waals surface area contributed by atoms with Crippen LogP contribution in [0.1, 0.15) is 33.4 Å². The highest BCUT2D eigenvalue weighted by Gasteiger charge is 2.48. The Bertz CT molecular complexity index is 1250. The molecule has 1 heterocycles. The van der Waals surface area contributed by atoms with Crippen LogP contribution >= 0.6 is 0 Å². The SMILES string of the molecule is OC1(C#Cc2ccccc2)c2ccccc2C(O)(C#Cc2ccccc2)c2cnccc21. The van der Waals surface area contributed by atoms with Crippen molar-refractivity contribution < 1.29 is 10.2 Å². The van der Waals surface area contributed by atoms with E-state index in [1.165, 1.54) is 0 Å². The Kier molecular flexibility index (Phi) is 4.85. The summed E-state index contributed by atoms with van der Waals surface area (Å²) in [6.07, 6.45) is 3.15. The van der Waals surface area contributed by atoms with E-state index in [0.29, 0.717) is 22.3 Å². The van der Waals surface area contributed by atoms with Crippen LogP contribution in [0.4, 0.5) is 0 Å². The highest BCUT2D eigenvalue weighted by atomic mass is 16.3. The number of aromatic nitrogens is 1. The third-order valence-electron chi connectivity index (χ3n) is 5.63. The van der Waals surface area contributed by atoms with Crippen molar-refractivity contribution in [2.45, 2.75) is 11.2 Å². The molecule has 1 aliphatic rings. The van der Waals surface area contributed by atoms with Gasteiger partial charge in [0.25, 0.3) is 0 Å². The van der Waals surface area contributed by atoms with Gasteiger partial charge in [0.05, 0.1) is 0 Å². The van der Waals surface area contributed by atoms with E-state index in [0.717, 1.165) is 11.1 Å². The second-order valence-corrected chi connectivity index (χ2v) is 7.62. The van der Waals surface area contributed by atoms with Gasteiger partial charge in [-0.05, 0) is 30.3 Å². The summed E-state index contributed by atoms with van der Waals surface area (Å²) in [6.45, 7) is 0. The summed E-state index contributed by atoms with van der Waals surface area (Å²) < 4.78 is 0. The quantitative estimate of drug-likeness (QED) is 0.429. The van der Waals surface area contributed by atoms with E-state index in [2.05, 4.69) is 28.7 Å². The Morgan fingerprint density at radius 3 is 1.50 bits per heavy atom. The van der Waals surface area contributed by atoms with Crippen LogP contribution in [0.5, 0.6) is 0 Å². The molecule has 2 atom stereocenters. The first-order chi connectivity index (χ1) is 15.6. The number of hydrogen-bond acceptors (Lipinski definition) is 3. The van der Waals surface area contributed by atoms with Gasteiger partial charge in [-0.3, -0.25) is 4.98 Å². The molecule has 0 aliphatic heterocycles. The molecular formula is C29H19NO2. The zero-order valence-electron chi connectivity index (χ0n) is 17.2. The number of aliphatic hydroxyl groups is 2. The van der Waals surface area contributed by atoms with Crippen LogP contribution in [-0.2, 0) is 11.2 Å². The first-order valence-corrected chi connectivity index (χ1v) is 10.3. The summed E-state index contributed by atoms with van der Waals surface area (Å²) in [5.41, 5.74) is 0.210. The summed E-state index contributed by atoms with van der Waals surface area (Å²) in [5, 5.41) is 23.8. The van der Waals surface area contributed by atoms with E-state index < -0.39 is 11.2 Å². The van der Waals surface area contributed by atoms with E-state index in [-0.39, 0.29) is 0 Å². The minimum atomic E-state index is -1.64. The van der Waals surface area contributed by atoms with Gasteiger partial charge in [-0.25, -0.2) is 0 Å². The van der Waals surface area contributed by atoms with Gasteiger partial charge in [-0.2, -0.15) is 0 Å². The molecule has 3 nitrogen and oxygen atoms in total. The van der Waals surface area contributed by atoms with Crippen LogP contribution in [0, 0.1) is 23.7 Å². The third kappa shape index (κ3) is 3.27. The molecule has 0 bridgehead atoms. The average molecular weight is 413 g/mol. The smallest absolute Gasteiger partial charge is 0.179 e. The first-order valence-electron chi connectivity index (χ1n) is 10.3. The van der Waals surface area contributed by atoms with E-state index in [9.17, 15) is 10.2 Å². The zero-order valence-corrected chi connectivity index (χ0v) is 17.2. The Morgan fingerprint density at radius 1 is 0.531 bits per heavy atom. The molecule has 152 valence electrons. The average Bonchev–Trinajstić information content (AvgIpc) is 2.87. The Morgan fingerprint density at radius 2 is 0.969 bits per heavy atom. The Balaban J connectivity index is 1.74. The fourth-order valence-corrected chi connectivity index (χ4v) is 4.04. The Labute approximate surface area is 187 Å². The molecule has 5 rings (SSSR count). The highest BCUT2D eigenvalue weighted by Crippen LogP contribution is 2.47. The van der Waals surface area contributed by atoms with E-state index in [1.807, 2.05) is 72.8 Å². The van der Waals surface area contributed by atoms with Crippen LogP contribution < -0.4 is 0 Å². The molecule has 1 aromatic heterocycles. The van der Waals surface area contributed by atoms with Crippen molar-refractivity contribution in [3.63, 3.8) is 0 Å². The van der Waals surface area contributed by atoms with Crippen molar-refractivity contribution in [2.75, 3.05) is 0 Å². The summed E-state index contributed by atoms with van der Waals surface area (Å²) in [5.74, 6) is 12.3. The van der Waals surface area contributed by atoms with E-state index in [4.69, 9.17) is 0 Å². The molecule has 0 saturated heterocycles. The maximum absolute atomic E-state index is 11.9. The molecule has 32 heavy (non-hydrogen) atoms. The molecule has 4 aromatic rings. The lowest BCUT2D eigenvalue weighted by Crippen LogP contribution is -2.41. The first kappa shape index (κ1) is 19.8. The molecule has 3 aromatic carbocycles. The molecule has 2 unspecified atom stereocenters. The molecular weight excluding hydrogens is 394 g/mol. The highest BCUT2D eigenvalue weighted by molar-refractivity contribution is 5.64. The lowest BCUT2D eigenvalue weighted by molar-refractivity contribution is 0.0940. The minimum absolute atomic E-state index is 0.423. The van der Waals surface area contributed by atoms with Crippen molar-refractivity contribution in [2.24, 2.45) is 0 Å². The summed E-state index contributed by atoms with van der Waals surface area (Å²) in [6, 6.07) is 27.9. The molecule has 3 heteroatoms. The van der Waals surface area contributed by atoms with E-state index >= 15 is 0 Å². The van der Waals surface area contributed by atoms with Gasteiger partial charge in [0.1, 0.15) is 0 Å². The predicted molar refractivity (Wildman–Crippen MR) is 123 cm³/mol. The fourth-order valence-electron chi connectivity index (χ4n) is 4.04. The van der Waals surface area contributed by atoms with Crippen molar-refractivity contribution >= 4 is 0 Å². The number of fused-ring (bicyclic) bond motifs is 2. The van der Waals surface area contributed by atoms with E-state index in [1.54, 1.807) is 30.6 Å². The molecule has 1 aliphatic carbocycles. The van der Waals surface area contributed by atoms with Crippen LogP contribution in [0.2, 0.25) is 0 Å². The normalized spacial score (nSPS) is 20.6. The van der Waals surface area contributed by atoms with Gasteiger partial charge in [0, 0.05) is 45.8 Å². The maximum Gasteiger partial charge on any atom is 0.179 e. The molecule has 0 saturated carbocycles. The molecule has 2 N–H and O–H groups in total. The summed E-state index contributed by atoms with van der Waals surface area (Å²) >= 11 is 0. The van der Waals surface area contributed by atoms with Crippen molar-refractivity contribution in [1.29, 1.82) is 0 Å². The van der Waals surface area contributed by atoms with Crippen molar-refractivity contribution in [3.8, 4) is 23.7 Å². The molecule has 0 spiro atoms. The third-order valence-corrected chi connectivity index (χ3v) is 5.63.